The van der Waals surface area contributed by atoms with Gasteiger partial charge < -0.3 is 28.5 Å². The number of carbonyl (C=O) groups excluding carboxylic acids is 2. The number of carbonyl (C=O) groups is 2. The maximum Gasteiger partial charge on any atom is 0.315 e. The fourth-order valence-corrected chi connectivity index (χ4v) is 4.69. The summed E-state index contributed by atoms with van der Waals surface area (Å²) in [5.74, 6) is -0.320. The lowest BCUT2D eigenvalue weighted by Crippen LogP contribution is -2.20. The Kier molecular flexibility index (Phi) is 9.96. The molecule has 0 aliphatic heterocycles. The second-order valence-electron chi connectivity index (χ2n) is 10.2. The van der Waals surface area contributed by atoms with Crippen LogP contribution in [0.4, 0.5) is 11.4 Å². The zero-order valence-corrected chi connectivity index (χ0v) is 25.8. The van der Waals surface area contributed by atoms with Crippen molar-refractivity contribution in [1.29, 1.82) is 0 Å². The number of para-hydroxylation sites is 1. The van der Waals surface area contributed by atoms with Gasteiger partial charge in [-0.3, -0.25) is 19.7 Å². The molecule has 0 fully saturated rings. The van der Waals surface area contributed by atoms with Crippen LogP contribution in [0.25, 0.3) is 5.69 Å². The second kappa shape index (κ2) is 14.6. The molecule has 0 bridgehead atoms. The average Bonchev–Trinajstić information content (AvgIpc) is 3.69. The zero-order valence-electron chi connectivity index (χ0n) is 25.8. The number of amides is 2. The summed E-state index contributed by atoms with van der Waals surface area (Å²) in [4.78, 5) is 36.0. The molecule has 0 spiro atoms. The molecule has 0 saturated heterocycles. The van der Waals surface area contributed by atoms with Crippen molar-refractivity contribution in [3.63, 3.8) is 0 Å². The lowest BCUT2D eigenvalue weighted by molar-refractivity contribution is -0.385. The van der Waals surface area contributed by atoms with Crippen LogP contribution in [0.5, 0.6) is 17.2 Å². The predicted octanol–water partition coefficient (Wildman–Crippen LogP) is 5.96. The number of hydrogen-bond donors (Lipinski definition) is 2. The quantitative estimate of drug-likeness (QED) is 0.0908. The van der Waals surface area contributed by atoms with E-state index in [1.54, 1.807) is 36.4 Å². The van der Waals surface area contributed by atoms with E-state index in [1.165, 1.54) is 31.5 Å². The fraction of sp³-hybridized carbons (Fsp3) is 0.147. The van der Waals surface area contributed by atoms with Gasteiger partial charge in [0.05, 0.1) is 18.2 Å². The van der Waals surface area contributed by atoms with Crippen LogP contribution in [0.15, 0.2) is 101 Å². The number of rotatable bonds is 13. The first kappa shape index (κ1) is 32.0. The molecular weight excluding hydrogens is 606 g/mol. The van der Waals surface area contributed by atoms with Gasteiger partial charge in [-0.25, -0.2) is 5.43 Å². The van der Waals surface area contributed by atoms with Crippen LogP contribution in [0, 0.1) is 24.0 Å². The van der Waals surface area contributed by atoms with Crippen molar-refractivity contribution in [2.75, 3.05) is 19.0 Å². The summed E-state index contributed by atoms with van der Waals surface area (Å²) >= 11 is 0. The molecule has 2 amide bonds. The highest BCUT2D eigenvalue weighted by Gasteiger charge is 2.23. The zero-order chi connectivity index (χ0) is 33.3. The molecule has 13 nitrogen and oxygen atoms in total. The number of benzene rings is 3. The van der Waals surface area contributed by atoms with Crippen molar-refractivity contribution in [2.24, 2.45) is 5.10 Å². The number of nitro groups is 1. The van der Waals surface area contributed by atoms with Crippen LogP contribution < -0.4 is 25.0 Å². The summed E-state index contributed by atoms with van der Waals surface area (Å²) in [6.07, 6.45) is 1.20. The van der Waals surface area contributed by atoms with Gasteiger partial charge >= 0.3 is 11.6 Å². The third-order valence-corrected chi connectivity index (χ3v) is 6.89. The minimum Gasteiger partial charge on any atom is -0.493 e. The molecule has 240 valence electrons. The summed E-state index contributed by atoms with van der Waals surface area (Å²) in [5.41, 5.74) is 5.94. The topological polar surface area (TPSA) is 159 Å². The second-order valence-corrected chi connectivity index (χ2v) is 10.2. The highest BCUT2D eigenvalue weighted by molar-refractivity contribution is 5.93. The van der Waals surface area contributed by atoms with Crippen LogP contribution in [-0.2, 0) is 11.4 Å². The number of aryl methyl sites for hydroxylation is 2. The van der Waals surface area contributed by atoms with E-state index >= 15 is 0 Å². The number of furan rings is 1. The van der Waals surface area contributed by atoms with Gasteiger partial charge in [0.25, 0.3) is 5.91 Å². The van der Waals surface area contributed by atoms with Crippen LogP contribution in [-0.4, -0.2) is 41.2 Å². The van der Waals surface area contributed by atoms with Gasteiger partial charge in [-0.15, -0.1) is 0 Å². The number of hydrogen-bond acceptors (Lipinski definition) is 9. The first-order chi connectivity index (χ1) is 22.7. The maximum atomic E-state index is 12.6. The predicted molar refractivity (Wildman–Crippen MR) is 174 cm³/mol. The van der Waals surface area contributed by atoms with Crippen LogP contribution in [0.3, 0.4) is 0 Å². The Morgan fingerprint density at radius 1 is 0.957 bits per heavy atom. The van der Waals surface area contributed by atoms with E-state index in [2.05, 4.69) is 32.5 Å². The summed E-state index contributed by atoms with van der Waals surface area (Å²) in [6.45, 7) is 3.69. The van der Waals surface area contributed by atoms with Gasteiger partial charge in [0.15, 0.2) is 18.1 Å². The molecule has 0 aliphatic rings. The number of anilines is 1. The molecule has 0 saturated carbocycles. The summed E-state index contributed by atoms with van der Waals surface area (Å²) < 4.78 is 24.3. The molecule has 13 heteroatoms. The summed E-state index contributed by atoms with van der Waals surface area (Å²) in [6, 6.07) is 26.2. The molecule has 2 heterocycles. The number of nitro benzene ring substituents is 1. The van der Waals surface area contributed by atoms with E-state index < -0.39 is 29.0 Å². The third kappa shape index (κ3) is 8.02. The Morgan fingerprint density at radius 3 is 2.36 bits per heavy atom. The Bertz CT molecular complexity index is 1890. The molecule has 0 aliphatic carbocycles. The average molecular weight is 638 g/mol. The summed E-state index contributed by atoms with van der Waals surface area (Å²) in [5, 5.41) is 18.3. The van der Waals surface area contributed by atoms with E-state index in [4.69, 9.17) is 18.6 Å². The number of nitrogens with one attached hydrogen (secondary N) is 2. The van der Waals surface area contributed by atoms with Gasteiger partial charge in [0.1, 0.15) is 18.1 Å². The molecule has 5 aromatic rings. The van der Waals surface area contributed by atoms with Crippen molar-refractivity contribution < 1.29 is 33.1 Å². The molecule has 47 heavy (non-hydrogen) atoms. The van der Waals surface area contributed by atoms with Crippen LogP contribution >= 0.6 is 0 Å². The molecule has 5 rings (SSSR count). The number of hydrazone groups is 1. The van der Waals surface area contributed by atoms with Crippen molar-refractivity contribution in [2.45, 2.75) is 20.5 Å². The van der Waals surface area contributed by atoms with Crippen molar-refractivity contribution in [3.05, 3.63) is 130 Å². The maximum absolute atomic E-state index is 12.6. The largest absolute Gasteiger partial charge is 0.493 e. The van der Waals surface area contributed by atoms with Gasteiger partial charge in [-0.2, -0.15) is 5.10 Å². The van der Waals surface area contributed by atoms with Crippen molar-refractivity contribution >= 4 is 29.4 Å². The van der Waals surface area contributed by atoms with Gasteiger partial charge in [-0.1, -0.05) is 18.2 Å². The lowest BCUT2D eigenvalue weighted by Gasteiger charge is -2.12. The number of aromatic nitrogens is 1. The monoisotopic (exact) mass is 637 g/mol. The van der Waals surface area contributed by atoms with E-state index in [0.717, 1.165) is 17.1 Å². The molecule has 0 unspecified atom stereocenters. The van der Waals surface area contributed by atoms with E-state index in [-0.39, 0.29) is 29.4 Å². The van der Waals surface area contributed by atoms with Gasteiger partial charge in [-0.05, 0) is 80.6 Å². The standard InChI is InChI=1S/C34H31N5O8/c1-22-9-10-23(2)38(22)26-11-13-27(14-12-26)45-20-28-15-16-30(47-28)34(41)37-35-19-24-17-29(39(42)43)33(31(18-24)44-3)46-21-32(40)36-25-7-5-4-6-8-25/h4-19H,20-21H2,1-3H3,(H,36,40)(H,37,41)/b35-19+. The number of nitrogens with zero attached hydrogens (tertiary/aromatic N) is 3. The smallest absolute Gasteiger partial charge is 0.315 e. The third-order valence-electron chi connectivity index (χ3n) is 6.89. The minimum absolute atomic E-state index is 0.000230. The van der Waals surface area contributed by atoms with Crippen molar-refractivity contribution in [3.8, 4) is 22.9 Å². The Hall–Kier alpha value is -6.37. The highest BCUT2D eigenvalue weighted by Crippen LogP contribution is 2.38. The van der Waals surface area contributed by atoms with Gasteiger partial charge in [0.2, 0.25) is 5.75 Å². The molecule has 0 atom stereocenters. The van der Waals surface area contributed by atoms with Crippen LogP contribution in [0.2, 0.25) is 0 Å². The number of methoxy groups -OCH3 is 1. The molecule has 3 aromatic carbocycles. The molecular formula is C34H31N5O8. The first-order valence-electron chi connectivity index (χ1n) is 14.4. The minimum atomic E-state index is -0.673. The molecule has 0 radical (unpaired) electrons. The Morgan fingerprint density at radius 2 is 1.68 bits per heavy atom. The highest BCUT2D eigenvalue weighted by atomic mass is 16.6. The SMILES string of the molecule is COc1cc(/C=N/NC(=O)c2ccc(COc3ccc(-n4c(C)ccc4C)cc3)o2)cc([N+](=O)[O-])c1OCC(=O)Nc1ccccc1. The van der Waals surface area contributed by atoms with E-state index in [1.807, 2.05) is 38.1 Å². The lowest BCUT2D eigenvalue weighted by atomic mass is 10.2. The first-order valence-corrected chi connectivity index (χ1v) is 14.4. The summed E-state index contributed by atoms with van der Waals surface area (Å²) in [7, 11) is 1.30. The Balaban J connectivity index is 1.17. The van der Waals surface area contributed by atoms with Crippen molar-refractivity contribution in [1.82, 2.24) is 9.99 Å². The molecule has 2 aromatic heterocycles. The van der Waals surface area contributed by atoms with Crippen LogP contribution in [0.1, 0.15) is 33.3 Å². The van der Waals surface area contributed by atoms with Gasteiger partial charge in [0, 0.05) is 34.4 Å². The normalized spacial score (nSPS) is 10.9. The fourth-order valence-electron chi connectivity index (χ4n) is 4.69. The molecule has 2 N–H and O–H groups in total. The Labute approximate surface area is 269 Å². The number of ether oxygens (including phenoxy) is 3. The van der Waals surface area contributed by atoms with E-state index in [0.29, 0.717) is 17.2 Å². The van der Waals surface area contributed by atoms with E-state index in [9.17, 15) is 19.7 Å².